The summed E-state index contributed by atoms with van der Waals surface area (Å²) in [7, 11) is -1.30. The van der Waals surface area contributed by atoms with E-state index < -0.39 is 8.07 Å². The topological polar surface area (TPSA) is 21.3 Å². The van der Waals surface area contributed by atoms with E-state index in [4.69, 9.17) is 4.74 Å². The first-order valence-electron chi connectivity index (χ1n) is 5.57. The first kappa shape index (κ1) is 11.9. The zero-order valence-corrected chi connectivity index (χ0v) is 10.7. The van der Waals surface area contributed by atoms with Crippen LogP contribution in [0, 0.1) is 0 Å². The fourth-order valence-electron chi connectivity index (χ4n) is 2.26. The van der Waals surface area contributed by atoms with Crippen molar-refractivity contribution in [1.82, 2.24) is 5.32 Å². The maximum absolute atomic E-state index is 5.84. The van der Waals surface area contributed by atoms with Gasteiger partial charge in [-0.25, -0.2) is 0 Å². The normalized spacial score (nSPS) is 25.8. The molecular formula is C11H23NOSi. The Hall–Kier alpha value is -0.123. The van der Waals surface area contributed by atoms with Gasteiger partial charge >= 0.3 is 0 Å². The van der Waals surface area contributed by atoms with Gasteiger partial charge in [-0.2, -0.15) is 0 Å². The molecule has 0 aromatic rings. The van der Waals surface area contributed by atoms with Crippen LogP contribution in [0.25, 0.3) is 0 Å². The maximum atomic E-state index is 5.84. The van der Waals surface area contributed by atoms with Gasteiger partial charge in [-0.3, -0.25) is 0 Å². The van der Waals surface area contributed by atoms with Crippen molar-refractivity contribution in [2.75, 3.05) is 19.7 Å². The maximum Gasteiger partial charge on any atom is 0.0766 e. The van der Waals surface area contributed by atoms with Crippen LogP contribution in [0.4, 0.5) is 0 Å². The van der Waals surface area contributed by atoms with Gasteiger partial charge in [0.15, 0.2) is 0 Å². The Labute approximate surface area is 88.7 Å². The van der Waals surface area contributed by atoms with Crippen molar-refractivity contribution in [3.05, 3.63) is 12.3 Å². The third kappa shape index (κ3) is 2.68. The van der Waals surface area contributed by atoms with E-state index in [2.05, 4.69) is 37.6 Å². The molecule has 0 aliphatic carbocycles. The fraction of sp³-hybridized carbons (Fsp3) is 0.818. The summed E-state index contributed by atoms with van der Waals surface area (Å²) in [6.07, 6.45) is 1.62. The highest BCUT2D eigenvalue weighted by Crippen LogP contribution is 2.31. The van der Waals surface area contributed by atoms with E-state index >= 15 is 0 Å². The summed E-state index contributed by atoms with van der Waals surface area (Å²) < 4.78 is 5.84. The Bertz CT molecular complexity index is 188. The minimum absolute atomic E-state index is 0.411. The molecule has 0 aromatic carbocycles. The molecule has 1 aliphatic rings. The van der Waals surface area contributed by atoms with Gasteiger partial charge in [-0.15, -0.1) is 12.3 Å². The van der Waals surface area contributed by atoms with Crippen LogP contribution < -0.4 is 5.32 Å². The first-order valence-corrected chi connectivity index (χ1v) is 8.73. The van der Waals surface area contributed by atoms with Crippen LogP contribution in [0.2, 0.25) is 18.6 Å². The third-order valence-electron chi connectivity index (χ3n) is 3.33. The molecule has 1 fully saturated rings. The van der Waals surface area contributed by atoms with Crippen LogP contribution in [0.1, 0.15) is 13.3 Å². The van der Waals surface area contributed by atoms with Gasteiger partial charge in [-0.1, -0.05) is 26.4 Å². The molecule has 0 radical (unpaired) electrons. The van der Waals surface area contributed by atoms with E-state index in [0.29, 0.717) is 11.6 Å². The lowest BCUT2D eigenvalue weighted by atomic mass is 10.2. The lowest BCUT2D eigenvalue weighted by Gasteiger charge is -2.37. The van der Waals surface area contributed by atoms with Crippen LogP contribution in [-0.2, 0) is 4.74 Å². The van der Waals surface area contributed by atoms with Gasteiger partial charge in [0.05, 0.1) is 20.8 Å². The number of nitrogens with one attached hydrogen (secondary N) is 1. The van der Waals surface area contributed by atoms with Crippen molar-refractivity contribution in [3.8, 4) is 0 Å². The van der Waals surface area contributed by atoms with Crippen molar-refractivity contribution >= 4 is 8.07 Å². The van der Waals surface area contributed by atoms with Crippen LogP contribution in [0.3, 0.4) is 0 Å². The molecule has 1 aliphatic heterocycles. The lowest BCUT2D eigenvalue weighted by molar-refractivity contribution is 0.0221. The van der Waals surface area contributed by atoms with Crippen LogP contribution in [-0.4, -0.2) is 33.9 Å². The number of hydrogen-bond donors (Lipinski definition) is 1. The molecule has 0 aromatic heterocycles. The zero-order chi connectivity index (χ0) is 10.6. The summed E-state index contributed by atoms with van der Waals surface area (Å²) in [5.74, 6) is 0. The molecule has 3 heteroatoms. The summed E-state index contributed by atoms with van der Waals surface area (Å²) in [6.45, 7) is 13.9. The number of rotatable bonds is 4. The Morgan fingerprint density at radius 3 is 2.79 bits per heavy atom. The molecular weight excluding hydrogens is 190 g/mol. The second-order valence-electron chi connectivity index (χ2n) is 4.65. The number of morpholine rings is 1. The van der Waals surface area contributed by atoms with Crippen molar-refractivity contribution in [2.24, 2.45) is 0 Å². The lowest BCUT2D eigenvalue weighted by Crippen LogP contribution is -2.47. The fourth-order valence-corrected chi connectivity index (χ4v) is 4.79. The molecule has 1 saturated heterocycles. The second-order valence-corrected chi connectivity index (χ2v) is 9.45. The van der Waals surface area contributed by atoms with E-state index in [-0.39, 0.29) is 0 Å². The highest BCUT2D eigenvalue weighted by molar-refractivity contribution is 6.83. The smallest absolute Gasteiger partial charge is 0.0766 e. The van der Waals surface area contributed by atoms with Gasteiger partial charge in [0.25, 0.3) is 0 Å². The highest BCUT2D eigenvalue weighted by Gasteiger charge is 2.35. The summed E-state index contributed by atoms with van der Waals surface area (Å²) in [6, 6.07) is 0. The Morgan fingerprint density at radius 1 is 1.64 bits per heavy atom. The summed E-state index contributed by atoms with van der Waals surface area (Å²) in [5.41, 5.74) is 2.90. The SMILES string of the molecule is C=C[Si](C)(C)C(CC)C1CNCCO1. The first-order chi connectivity index (χ1) is 6.61. The quantitative estimate of drug-likeness (QED) is 0.723. The van der Waals surface area contributed by atoms with E-state index in [9.17, 15) is 0 Å². The largest absolute Gasteiger partial charge is 0.376 e. The van der Waals surface area contributed by atoms with E-state index in [1.54, 1.807) is 0 Å². The molecule has 2 atom stereocenters. The van der Waals surface area contributed by atoms with Crippen LogP contribution in [0.15, 0.2) is 12.3 Å². The van der Waals surface area contributed by atoms with E-state index in [0.717, 1.165) is 19.7 Å². The molecule has 0 spiro atoms. The molecule has 1 N–H and O–H groups in total. The highest BCUT2D eigenvalue weighted by atomic mass is 28.3. The molecule has 82 valence electrons. The molecule has 0 amide bonds. The van der Waals surface area contributed by atoms with Gasteiger partial charge in [0.1, 0.15) is 0 Å². The minimum Gasteiger partial charge on any atom is -0.376 e. The van der Waals surface area contributed by atoms with Gasteiger partial charge in [0, 0.05) is 13.1 Å². The molecule has 0 saturated carbocycles. The van der Waals surface area contributed by atoms with Crippen molar-refractivity contribution in [3.63, 3.8) is 0 Å². The molecule has 2 nitrogen and oxygen atoms in total. The molecule has 14 heavy (non-hydrogen) atoms. The van der Waals surface area contributed by atoms with Gasteiger partial charge in [-0.05, 0) is 5.54 Å². The monoisotopic (exact) mass is 213 g/mol. The summed E-state index contributed by atoms with van der Waals surface area (Å²) in [5, 5.41) is 3.41. The van der Waals surface area contributed by atoms with Crippen molar-refractivity contribution < 1.29 is 4.74 Å². The molecule has 1 rings (SSSR count). The van der Waals surface area contributed by atoms with Gasteiger partial charge < -0.3 is 10.1 Å². The van der Waals surface area contributed by atoms with Crippen LogP contribution in [0.5, 0.6) is 0 Å². The summed E-state index contributed by atoms with van der Waals surface area (Å²) in [4.78, 5) is 0. The van der Waals surface area contributed by atoms with Crippen molar-refractivity contribution in [1.29, 1.82) is 0 Å². The van der Waals surface area contributed by atoms with Gasteiger partial charge in [0.2, 0.25) is 0 Å². The predicted octanol–water partition coefficient (Wildman–Crippen LogP) is 2.19. The van der Waals surface area contributed by atoms with Crippen molar-refractivity contribution in [2.45, 2.75) is 38.1 Å². The zero-order valence-electron chi connectivity index (χ0n) is 9.68. The average molecular weight is 213 g/mol. The Kier molecular flexibility index (Phi) is 4.35. The van der Waals surface area contributed by atoms with E-state index in [1.807, 2.05) is 0 Å². The molecule has 1 heterocycles. The average Bonchev–Trinajstić information content (AvgIpc) is 2.20. The van der Waals surface area contributed by atoms with E-state index in [1.165, 1.54) is 6.42 Å². The Morgan fingerprint density at radius 2 is 2.36 bits per heavy atom. The van der Waals surface area contributed by atoms with Crippen LogP contribution >= 0.6 is 0 Å². The third-order valence-corrected chi connectivity index (χ3v) is 7.07. The standard InChI is InChI=1S/C11H23NOSi/c1-5-11(14(3,4)6-2)10-9-12-7-8-13-10/h6,10-12H,2,5,7-9H2,1,3-4H3. The number of hydrogen-bond acceptors (Lipinski definition) is 2. The minimum atomic E-state index is -1.30. The molecule has 0 bridgehead atoms. The summed E-state index contributed by atoms with van der Waals surface area (Å²) >= 11 is 0. The predicted molar refractivity (Wildman–Crippen MR) is 64.3 cm³/mol. The molecule has 2 unspecified atom stereocenters. The second kappa shape index (κ2) is 5.10. The Balaban J connectivity index is 2.64. The number of ether oxygens (including phenoxy) is 1.